The number of nitrogens with one attached hydrogen (secondary N) is 2. The van der Waals surface area contributed by atoms with Crippen molar-refractivity contribution in [1.82, 2.24) is 10.6 Å². The van der Waals surface area contributed by atoms with Gasteiger partial charge in [-0.3, -0.25) is 9.59 Å². The topological polar surface area (TPSA) is 97.4 Å². The number of carbonyl (C=O) groups is 2. The largest absolute Gasteiger partial charge is 0.459 e. The van der Waals surface area contributed by atoms with Crippen LogP contribution in [0.2, 0.25) is 0 Å². The van der Waals surface area contributed by atoms with E-state index in [2.05, 4.69) is 10.6 Å². The van der Waals surface area contributed by atoms with Gasteiger partial charge in [-0.15, -0.1) is 0 Å². The van der Waals surface area contributed by atoms with Crippen LogP contribution in [0.3, 0.4) is 0 Å². The lowest BCUT2D eigenvalue weighted by Gasteiger charge is -2.16. The molecule has 0 fully saturated rings. The maximum Gasteiger partial charge on any atom is 0.287 e. The Morgan fingerprint density at radius 3 is 2.65 bits per heavy atom. The molecule has 1 heterocycles. The average molecular weight is 239 g/mol. The standard InChI is InChI=1S/C11H17N3O3/c1-7(6-12)13-10(15)8(2)14-11(16)9-4-3-5-17-9/h3-5,7-8H,6,12H2,1-2H3,(H,13,15)(H,14,16)/t7-,8?/m0/s1. The fraction of sp³-hybridized carbons (Fsp3) is 0.455. The van der Waals surface area contributed by atoms with Crippen LogP contribution >= 0.6 is 0 Å². The molecule has 0 aliphatic rings. The summed E-state index contributed by atoms with van der Waals surface area (Å²) in [4.78, 5) is 23.2. The molecule has 17 heavy (non-hydrogen) atoms. The molecule has 1 aromatic rings. The Bertz CT molecular complexity index is 375. The lowest BCUT2D eigenvalue weighted by Crippen LogP contribution is -2.49. The van der Waals surface area contributed by atoms with Crippen molar-refractivity contribution in [3.63, 3.8) is 0 Å². The van der Waals surface area contributed by atoms with E-state index in [0.717, 1.165) is 0 Å². The average Bonchev–Trinajstić information content (AvgIpc) is 2.82. The van der Waals surface area contributed by atoms with Gasteiger partial charge in [-0.05, 0) is 26.0 Å². The molecule has 1 rings (SSSR count). The van der Waals surface area contributed by atoms with Crippen molar-refractivity contribution in [2.75, 3.05) is 6.54 Å². The van der Waals surface area contributed by atoms with Gasteiger partial charge in [0, 0.05) is 12.6 Å². The molecule has 0 bridgehead atoms. The Balaban J connectivity index is 2.46. The molecule has 2 atom stereocenters. The number of carbonyl (C=O) groups excluding carboxylic acids is 2. The van der Waals surface area contributed by atoms with Gasteiger partial charge in [0.25, 0.3) is 5.91 Å². The number of hydrogen-bond acceptors (Lipinski definition) is 4. The van der Waals surface area contributed by atoms with Crippen LogP contribution in [0.4, 0.5) is 0 Å². The third-order valence-electron chi connectivity index (χ3n) is 2.23. The van der Waals surface area contributed by atoms with E-state index in [1.54, 1.807) is 19.9 Å². The lowest BCUT2D eigenvalue weighted by molar-refractivity contribution is -0.123. The minimum Gasteiger partial charge on any atom is -0.459 e. The van der Waals surface area contributed by atoms with E-state index in [1.807, 2.05) is 0 Å². The molecular formula is C11H17N3O3. The minimum absolute atomic E-state index is 0.120. The second-order valence-electron chi connectivity index (χ2n) is 3.82. The minimum atomic E-state index is -0.637. The van der Waals surface area contributed by atoms with E-state index >= 15 is 0 Å². The van der Waals surface area contributed by atoms with Crippen LogP contribution in [0.15, 0.2) is 22.8 Å². The van der Waals surface area contributed by atoms with Gasteiger partial charge in [0.15, 0.2) is 5.76 Å². The molecule has 6 heteroatoms. The summed E-state index contributed by atoms with van der Waals surface area (Å²) in [7, 11) is 0. The van der Waals surface area contributed by atoms with Gasteiger partial charge in [-0.25, -0.2) is 0 Å². The predicted molar refractivity (Wildman–Crippen MR) is 62.3 cm³/mol. The second-order valence-corrected chi connectivity index (χ2v) is 3.82. The third-order valence-corrected chi connectivity index (χ3v) is 2.23. The van der Waals surface area contributed by atoms with Gasteiger partial charge in [0.05, 0.1) is 6.26 Å². The van der Waals surface area contributed by atoms with Gasteiger partial charge in [0.2, 0.25) is 5.91 Å². The molecular weight excluding hydrogens is 222 g/mol. The molecule has 0 spiro atoms. The number of furan rings is 1. The van der Waals surface area contributed by atoms with Crippen molar-refractivity contribution in [1.29, 1.82) is 0 Å². The quantitative estimate of drug-likeness (QED) is 0.666. The first-order valence-corrected chi connectivity index (χ1v) is 5.39. The van der Waals surface area contributed by atoms with Crippen LogP contribution in [-0.4, -0.2) is 30.4 Å². The molecule has 0 saturated heterocycles. The molecule has 0 saturated carbocycles. The van der Waals surface area contributed by atoms with Gasteiger partial charge in [-0.1, -0.05) is 0 Å². The van der Waals surface area contributed by atoms with E-state index in [0.29, 0.717) is 6.54 Å². The highest BCUT2D eigenvalue weighted by Gasteiger charge is 2.18. The van der Waals surface area contributed by atoms with Crippen molar-refractivity contribution >= 4 is 11.8 Å². The highest BCUT2D eigenvalue weighted by molar-refractivity contribution is 5.95. The summed E-state index contributed by atoms with van der Waals surface area (Å²) in [5.41, 5.74) is 5.38. The maximum atomic E-state index is 11.6. The summed E-state index contributed by atoms with van der Waals surface area (Å²) in [5, 5.41) is 5.20. The first kappa shape index (κ1) is 13.2. The second kappa shape index (κ2) is 6.05. The number of amides is 2. The Morgan fingerprint density at radius 1 is 1.41 bits per heavy atom. The summed E-state index contributed by atoms with van der Waals surface area (Å²) in [5.74, 6) is -0.516. The first-order chi connectivity index (χ1) is 8.04. The summed E-state index contributed by atoms with van der Waals surface area (Å²) in [6, 6.07) is 2.38. The summed E-state index contributed by atoms with van der Waals surface area (Å²) in [6.45, 7) is 3.74. The molecule has 0 aromatic carbocycles. The molecule has 94 valence electrons. The monoisotopic (exact) mass is 239 g/mol. The summed E-state index contributed by atoms with van der Waals surface area (Å²) >= 11 is 0. The highest BCUT2D eigenvalue weighted by Crippen LogP contribution is 2.00. The zero-order valence-corrected chi connectivity index (χ0v) is 9.90. The van der Waals surface area contributed by atoms with Gasteiger partial charge >= 0.3 is 0 Å². The molecule has 2 amide bonds. The van der Waals surface area contributed by atoms with Crippen LogP contribution in [0.5, 0.6) is 0 Å². The normalized spacial score (nSPS) is 13.8. The molecule has 0 aliphatic heterocycles. The molecule has 1 unspecified atom stereocenters. The van der Waals surface area contributed by atoms with E-state index in [9.17, 15) is 9.59 Å². The van der Waals surface area contributed by atoms with E-state index < -0.39 is 11.9 Å². The molecule has 1 aromatic heterocycles. The third kappa shape index (κ3) is 3.92. The Labute approximate surface area is 99.5 Å². The van der Waals surface area contributed by atoms with E-state index in [-0.39, 0.29) is 17.7 Å². The highest BCUT2D eigenvalue weighted by atomic mass is 16.3. The first-order valence-electron chi connectivity index (χ1n) is 5.39. The molecule has 0 aliphatic carbocycles. The molecule has 4 N–H and O–H groups in total. The molecule has 0 radical (unpaired) electrons. The van der Waals surface area contributed by atoms with Crippen molar-refractivity contribution in [3.8, 4) is 0 Å². The van der Waals surface area contributed by atoms with Crippen molar-refractivity contribution < 1.29 is 14.0 Å². The summed E-state index contributed by atoms with van der Waals surface area (Å²) < 4.78 is 4.91. The van der Waals surface area contributed by atoms with Crippen LogP contribution in [0, 0.1) is 0 Å². The Hall–Kier alpha value is -1.82. The number of rotatable bonds is 5. The molecule has 6 nitrogen and oxygen atoms in total. The van der Waals surface area contributed by atoms with Gasteiger partial charge in [0.1, 0.15) is 6.04 Å². The van der Waals surface area contributed by atoms with E-state index in [1.165, 1.54) is 12.3 Å². The Morgan fingerprint density at radius 2 is 2.12 bits per heavy atom. The van der Waals surface area contributed by atoms with Crippen LogP contribution in [-0.2, 0) is 4.79 Å². The van der Waals surface area contributed by atoms with Crippen molar-refractivity contribution in [2.24, 2.45) is 5.73 Å². The zero-order chi connectivity index (χ0) is 12.8. The zero-order valence-electron chi connectivity index (χ0n) is 9.90. The lowest BCUT2D eigenvalue weighted by atomic mass is 10.2. The number of hydrogen-bond donors (Lipinski definition) is 3. The van der Waals surface area contributed by atoms with Crippen LogP contribution < -0.4 is 16.4 Å². The number of nitrogens with two attached hydrogens (primary N) is 1. The van der Waals surface area contributed by atoms with Crippen LogP contribution in [0.1, 0.15) is 24.4 Å². The van der Waals surface area contributed by atoms with Gasteiger partial charge in [-0.2, -0.15) is 0 Å². The fourth-order valence-electron chi connectivity index (χ4n) is 1.17. The fourth-order valence-corrected chi connectivity index (χ4v) is 1.17. The summed E-state index contributed by atoms with van der Waals surface area (Å²) in [6.07, 6.45) is 1.40. The SMILES string of the molecule is CC(NC(=O)c1ccco1)C(=O)N[C@@H](C)CN. The predicted octanol–water partition coefficient (Wildman–Crippen LogP) is -0.139. The van der Waals surface area contributed by atoms with Crippen LogP contribution in [0.25, 0.3) is 0 Å². The smallest absolute Gasteiger partial charge is 0.287 e. The van der Waals surface area contributed by atoms with E-state index in [4.69, 9.17) is 10.2 Å². The maximum absolute atomic E-state index is 11.6. The Kier molecular flexibility index (Phi) is 4.71. The van der Waals surface area contributed by atoms with Crippen molar-refractivity contribution in [3.05, 3.63) is 24.2 Å². The van der Waals surface area contributed by atoms with Crippen molar-refractivity contribution in [2.45, 2.75) is 25.9 Å². The van der Waals surface area contributed by atoms with Gasteiger partial charge < -0.3 is 20.8 Å².